The number of carbonyl (C=O) groups is 1. The molecule has 1 atom stereocenters. The molecule has 8 nitrogen and oxygen atoms in total. The molecule has 1 unspecified atom stereocenters. The normalized spacial score (nSPS) is 18.1. The van der Waals surface area contributed by atoms with Gasteiger partial charge in [-0.1, -0.05) is 30.3 Å². The summed E-state index contributed by atoms with van der Waals surface area (Å²) in [6.45, 7) is 7.88. The molecular formula is C23H28N2O6Si. The lowest BCUT2D eigenvalue weighted by molar-refractivity contribution is -0.138. The van der Waals surface area contributed by atoms with Crippen molar-refractivity contribution in [3.05, 3.63) is 64.9 Å². The van der Waals surface area contributed by atoms with Gasteiger partial charge in [0.25, 0.3) is 0 Å². The summed E-state index contributed by atoms with van der Waals surface area (Å²) in [5.74, 6) is -0.363. The number of azo groups is 1. The first-order chi connectivity index (χ1) is 15.2. The van der Waals surface area contributed by atoms with Gasteiger partial charge in [0.15, 0.2) is 25.6 Å². The molecule has 0 aliphatic carbocycles. The molecule has 0 radical (unpaired) electrons. The molecule has 9 heteroatoms. The highest BCUT2D eigenvalue weighted by atomic mass is 28.4. The number of nitrogens with zero attached hydrogens (tertiary/aromatic N) is 2. The van der Waals surface area contributed by atoms with E-state index in [0.29, 0.717) is 22.6 Å². The number of esters is 1. The average Bonchev–Trinajstić information content (AvgIpc) is 2.88. The third kappa shape index (κ3) is 4.39. The van der Waals surface area contributed by atoms with Crippen LogP contribution in [0.15, 0.2) is 58.4 Å². The van der Waals surface area contributed by atoms with E-state index in [1.54, 1.807) is 19.1 Å². The van der Waals surface area contributed by atoms with Crippen LogP contribution in [0.2, 0.25) is 19.6 Å². The highest BCUT2D eigenvalue weighted by molar-refractivity contribution is 6.69. The number of benzene rings is 2. The molecule has 1 aliphatic rings. The van der Waals surface area contributed by atoms with Crippen LogP contribution >= 0.6 is 0 Å². The zero-order valence-corrected chi connectivity index (χ0v) is 20.1. The quantitative estimate of drug-likeness (QED) is 0.464. The Morgan fingerprint density at radius 1 is 1.06 bits per heavy atom. The predicted molar refractivity (Wildman–Crippen MR) is 122 cm³/mol. The summed E-state index contributed by atoms with van der Waals surface area (Å²) >= 11 is 0. The zero-order valence-electron chi connectivity index (χ0n) is 19.1. The molecule has 2 aromatic carbocycles. The largest absolute Gasteiger partial charge is 0.505 e. The molecule has 32 heavy (non-hydrogen) atoms. The van der Waals surface area contributed by atoms with Gasteiger partial charge in [0.2, 0.25) is 11.4 Å². The number of hydrogen-bond donors (Lipinski definition) is 1. The summed E-state index contributed by atoms with van der Waals surface area (Å²) in [6.07, 6.45) is 0. The molecule has 1 N–H and O–H groups in total. The maximum Gasteiger partial charge on any atom is 0.362 e. The van der Waals surface area contributed by atoms with Gasteiger partial charge in [-0.3, -0.25) is 0 Å². The van der Waals surface area contributed by atoms with E-state index < -0.39 is 20.0 Å². The van der Waals surface area contributed by atoms with Gasteiger partial charge in [0, 0.05) is 16.7 Å². The molecule has 0 bridgehead atoms. The first-order valence-corrected chi connectivity index (χ1v) is 13.6. The topological polar surface area (TPSA) is 98.9 Å². The number of fused-ring (bicyclic) bond motifs is 1. The van der Waals surface area contributed by atoms with E-state index in [-0.39, 0.29) is 23.6 Å². The van der Waals surface area contributed by atoms with Crippen LogP contribution in [0.1, 0.15) is 23.6 Å². The Morgan fingerprint density at radius 2 is 1.69 bits per heavy atom. The van der Waals surface area contributed by atoms with Crippen molar-refractivity contribution < 1.29 is 28.5 Å². The second-order valence-electron chi connectivity index (χ2n) is 8.09. The van der Waals surface area contributed by atoms with Gasteiger partial charge in [-0.15, -0.1) is 10.2 Å². The molecule has 3 rings (SSSR count). The summed E-state index contributed by atoms with van der Waals surface area (Å²) in [7, 11) is 0.743. The Labute approximate surface area is 188 Å². The van der Waals surface area contributed by atoms with Crippen molar-refractivity contribution in [2.45, 2.75) is 32.3 Å². The van der Waals surface area contributed by atoms with Crippen molar-refractivity contribution in [1.82, 2.24) is 0 Å². The fraction of sp³-hybridized carbons (Fsp3) is 0.348. The number of methoxy groups -OCH3 is 2. The highest BCUT2D eigenvalue weighted by Gasteiger charge is 2.45. The molecule has 0 spiro atoms. The van der Waals surface area contributed by atoms with Gasteiger partial charge in [-0.2, -0.15) is 0 Å². The third-order valence-corrected chi connectivity index (χ3v) is 5.65. The summed E-state index contributed by atoms with van der Waals surface area (Å²) < 4.78 is 22.7. The van der Waals surface area contributed by atoms with Crippen molar-refractivity contribution in [1.29, 1.82) is 0 Å². The molecule has 0 fully saturated rings. The minimum atomic E-state index is -2.27. The van der Waals surface area contributed by atoms with Crippen LogP contribution in [-0.4, -0.2) is 40.2 Å². The van der Waals surface area contributed by atoms with E-state index in [0.717, 1.165) is 0 Å². The van der Waals surface area contributed by atoms with Crippen LogP contribution in [0.25, 0.3) is 5.76 Å². The number of aliphatic hydroxyl groups excluding tert-OH is 1. The molecular weight excluding hydrogens is 428 g/mol. The lowest BCUT2D eigenvalue weighted by Crippen LogP contribution is -2.40. The summed E-state index contributed by atoms with van der Waals surface area (Å²) in [5.41, 5.74) is -0.278. The van der Waals surface area contributed by atoms with Gasteiger partial charge >= 0.3 is 5.97 Å². The Kier molecular flexibility index (Phi) is 6.70. The van der Waals surface area contributed by atoms with Gasteiger partial charge in [0.1, 0.15) is 0 Å². The number of carbonyl (C=O) groups excluding carboxylic acids is 1. The number of hydrogen-bond acceptors (Lipinski definition) is 8. The zero-order chi connectivity index (χ0) is 23.5. The maximum atomic E-state index is 12.6. The fourth-order valence-corrected chi connectivity index (χ4v) is 4.65. The number of rotatable bonds is 7. The van der Waals surface area contributed by atoms with E-state index >= 15 is 0 Å². The van der Waals surface area contributed by atoms with Crippen molar-refractivity contribution in [2.75, 3.05) is 20.8 Å². The average molecular weight is 457 g/mol. The second kappa shape index (κ2) is 9.13. The summed E-state index contributed by atoms with van der Waals surface area (Å²) in [6, 6.07) is 12.6. The van der Waals surface area contributed by atoms with Crippen LogP contribution in [0.5, 0.6) is 11.5 Å². The molecule has 170 valence electrons. The second-order valence-corrected chi connectivity index (χ2v) is 12.5. The van der Waals surface area contributed by atoms with E-state index in [9.17, 15) is 9.90 Å². The van der Waals surface area contributed by atoms with Crippen LogP contribution in [0.3, 0.4) is 0 Å². The summed E-state index contributed by atoms with van der Waals surface area (Å²) in [4.78, 5) is 12.6. The highest BCUT2D eigenvalue weighted by Crippen LogP contribution is 2.47. The van der Waals surface area contributed by atoms with Crippen LogP contribution in [0, 0.1) is 0 Å². The molecule has 0 saturated heterocycles. The molecule has 0 aromatic heterocycles. The minimum absolute atomic E-state index is 0.124. The molecule has 0 saturated carbocycles. The smallest absolute Gasteiger partial charge is 0.362 e. The standard InChI is InChI=1S/C23H28N2O6Si/c1-7-30-22(27)20-21(26)16-13-18(28-2)19(29-3)14-17(16)23(25-24-20,31-32(4,5)6)15-11-9-8-10-12-15/h8-14,26H,7H2,1-6H3. The first-order valence-electron chi connectivity index (χ1n) is 10.2. The summed E-state index contributed by atoms with van der Waals surface area (Å²) in [5, 5.41) is 19.8. The molecule has 0 amide bonds. The van der Waals surface area contributed by atoms with Gasteiger partial charge in [-0.05, 0) is 38.7 Å². The lowest BCUT2D eigenvalue weighted by Gasteiger charge is -2.36. The number of ether oxygens (including phenoxy) is 3. The van der Waals surface area contributed by atoms with E-state index in [2.05, 4.69) is 10.2 Å². The Hall–Kier alpha value is -3.17. The fourth-order valence-electron chi connectivity index (χ4n) is 3.50. The van der Waals surface area contributed by atoms with E-state index in [4.69, 9.17) is 18.6 Å². The van der Waals surface area contributed by atoms with Crippen molar-refractivity contribution in [2.24, 2.45) is 10.2 Å². The van der Waals surface area contributed by atoms with Crippen LogP contribution < -0.4 is 9.47 Å². The van der Waals surface area contributed by atoms with Crippen molar-refractivity contribution >= 4 is 20.0 Å². The van der Waals surface area contributed by atoms with Gasteiger partial charge in [-0.25, -0.2) is 4.79 Å². The number of aliphatic hydroxyl groups is 1. The SMILES string of the molecule is CCOC(=O)C1=C(O)c2cc(OC)c(OC)cc2C(O[Si](C)(C)C)(c2ccccc2)N=N1. The van der Waals surface area contributed by atoms with Crippen molar-refractivity contribution in [3.63, 3.8) is 0 Å². The Bertz CT molecular complexity index is 1060. The maximum absolute atomic E-state index is 12.6. The molecule has 1 heterocycles. The monoisotopic (exact) mass is 456 g/mol. The van der Waals surface area contributed by atoms with Crippen LogP contribution in [-0.2, 0) is 19.7 Å². The lowest BCUT2D eigenvalue weighted by atomic mass is 9.90. The van der Waals surface area contributed by atoms with Crippen LogP contribution in [0.4, 0.5) is 0 Å². The Morgan fingerprint density at radius 3 is 2.25 bits per heavy atom. The molecule has 1 aliphatic heterocycles. The molecule has 2 aromatic rings. The Balaban J connectivity index is 2.44. The first kappa shape index (κ1) is 23.5. The van der Waals surface area contributed by atoms with E-state index in [1.165, 1.54) is 14.2 Å². The van der Waals surface area contributed by atoms with Gasteiger partial charge in [0.05, 0.1) is 20.8 Å². The predicted octanol–water partition coefficient (Wildman–Crippen LogP) is 5.01. The van der Waals surface area contributed by atoms with E-state index in [1.807, 2.05) is 50.0 Å². The van der Waals surface area contributed by atoms with Crippen molar-refractivity contribution in [3.8, 4) is 11.5 Å². The third-order valence-electron chi connectivity index (χ3n) is 4.75. The minimum Gasteiger partial charge on any atom is -0.505 e. The van der Waals surface area contributed by atoms with Gasteiger partial charge < -0.3 is 23.7 Å².